The minimum atomic E-state index is -0.238. The van der Waals surface area contributed by atoms with Crippen molar-refractivity contribution >= 4 is 11.6 Å². The normalized spacial score (nSPS) is 10.7. The highest BCUT2D eigenvalue weighted by molar-refractivity contribution is 6.31. The second kappa shape index (κ2) is 7.43. The zero-order valence-corrected chi connectivity index (χ0v) is 13.0. The Hall–Kier alpha value is -1.58. The van der Waals surface area contributed by atoms with E-state index in [0.717, 1.165) is 18.5 Å². The molecule has 0 heterocycles. The van der Waals surface area contributed by atoms with Crippen LogP contribution in [0.2, 0.25) is 5.02 Å². The lowest BCUT2D eigenvalue weighted by atomic mass is 10.2. The smallest absolute Gasteiger partial charge is 0.133 e. The average Bonchev–Trinajstić information content (AvgIpc) is 2.46. The number of hydrogen-bond donors (Lipinski definition) is 1. The van der Waals surface area contributed by atoms with Crippen LogP contribution in [0, 0.1) is 12.7 Å². The molecule has 2 aromatic carbocycles. The third-order valence-electron chi connectivity index (χ3n) is 3.16. The summed E-state index contributed by atoms with van der Waals surface area (Å²) in [6.07, 6.45) is 1.05. The quantitative estimate of drug-likeness (QED) is 0.751. The standard InChI is InChI=1S/C17H19ClFNO/c1-3-9-20-11-14-15(18)5-4-6-17(14)21-13-7-8-16(19)12(2)10-13/h4-8,10,20H,3,9,11H2,1-2H3. The maximum absolute atomic E-state index is 13.3. The van der Waals surface area contributed by atoms with Crippen LogP contribution in [-0.4, -0.2) is 6.54 Å². The van der Waals surface area contributed by atoms with E-state index in [4.69, 9.17) is 16.3 Å². The Kier molecular flexibility index (Phi) is 5.59. The minimum absolute atomic E-state index is 0.238. The van der Waals surface area contributed by atoms with E-state index in [1.54, 1.807) is 19.1 Å². The van der Waals surface area contributed by atoms with Gasteiger partial charge in [0.05, 0.1) is 0 Å². The van der Waals surface area contributed by atoms with Crippen molar-refractivity contribution in [3.8, 4) is 11.5 Å². The minimum Gasteiger partial charge on any atom is -0.457 e. The highest BCUT2D eigenvalue weighted by Gasteiger charge is 2.09. The summed E-state index contributed by atoms with van der Waals surface area (Å²) in [4.78, 5) is 0. The average molecular weight is 308 g/mol. The van der Waals surface area contributed by atoms with Crippen LogP contribution in [0.4, 0.5) is 4.39 Å². The second-order valence-corrected chi connectivity index (χ2v) is 5.31. The van der Waals surface area contributed by atoms with Gasteiger partial charge in [0.15, 0.2) is 0 Å². The molecular weight excluding hydrogens is 289 g/mol. The van der Waals surface area contributed by atoms with Gasteiger partial charge in [0, 0.05) is 17.1 Å². The lowest BCUT2D eigenvalue weighted by Gasteiger charge is -2.14. The van der Waals surface area contributed by atoms with Gasteiger partial charge >= 0.3 is 0 Å². The number of hydrogen-bond acceptors (Lipinski definition) is 2. The summed E-state index contributed by atoms with van der Waals surface area (Å²) in [6, 6.07) is 10.3. The number of benzene rings is 2. The van der Waals surface area contributed by atoms with E-state index < -0.39 is 0 Å². The van der Waals surface area contributed by atoms with Crippen molar-refractivity contribution < 1.29 is 9.13 Å². The van der Waals surface area contributed by atoms with Crippen LogP contribution in [0.1, 0.15) is 24.5 Å². The molecule has 0 aliphatic heterocycles. The molecule has 0 aliphatic rings. The first-order valence-electron chi connectivity index (χ1n) is 7.04. The van der Waals surface area contributed by atoms with Crippen LogP contribution in [0.15, 0.2) is 36.4 Å². The van der Waals surface area contributed by atoms with Crippen molar-refractivity contribution in [3.05, 3.63) is 58.4 Å². The fraction of sp³-hybridized carbons (Fsp3) is 0.294. The second-order valence-electron chi connectivity index (χ2n) is 4.91. The van der Waals surface area contributed by atoms with E-state index >= 15 is 0 Å². The van der Waals surface area contributed by atoms with Gasteiger partial charge < -0.3 is 10.1 Å². The Bertz CT molecular complexity index is 616. The fourth-order valence-corrected chi connectivity index (χ4v) is 2.24. The zero-order valence-electron chi connectivity index (χ0n) is 12.2. The lowest BCUT2D eigenvalue weighted by Crippen LogP contribution is -2.14. The van der Waals surface area contributed by atoms with Crippen LogP contribution in [0.3, 0.4) is 0 Å². The SMILES string of the molecule is CCCNCc1c(Cl)cccc1Oc1ccc(F)c(C)c1. The molecule has 21 heavy (non-hydrogen) atoms. The summed E-state index contributed by atoms with van der Waals surface area (Å²) in [5, 5.41) is 3.98. The lowest BCUT2D eigenvalue weighted by molar-refractivity contribution is 0.470. The zero-order chi connectivity index (χ0) is 15.2. The molecule has 0 saturated heterocycles. The Morgan fingerprint density at radius 1 is 1.24 bits per heavy atom. The fourth-order valence-electron chi connectivity index (χ4n) is 2.00. The van der Waals surface area contributed by atoms with Gasteiger partial charge in [-0.05, 0) is 55.8 Å². The first kappa shape index (κ1) is 15.8. The van der Waals surface area contributed by atoms with Crippen LogP contribution in [0.25, 0.3) is 0 Å². The third-order valence-corrected chi connectivity index (χ3v) is 3.52. The van der Waals surface area contributed by atoms with Gasteiger partial charge in [0.2, 0.25) is 0 Å². The van der Waals surface area contributed by atoms with Crippen molar-refractivity contribution in [3.63, 3.8) is 0 Å². The predicted octanol–water partition coefficient (Wildman–Crippen LogP) is 5.08. The highest BCUT2D eigenvalue weighted by Crippen LogP contribution is 2.31. The van der Waals surface area contributed by atoms with Crippen molar-refractivity contribution in [1.29, 1.82) is 0 Å². The maximum Gasteiger partial charge on any atom is 0.133 e. The van der Waals surface area contributed by atoms with Crippen LogP contribution >= 0.6 is 11.6 Å². The van der Waals surface area contributed by atoms with Gasteiger partial charge in [-0.25, -0.2) is 4.39 Å². The summed E-state index contributed by atoms with van der Waals surface area (Å²) in [6.45, 7) is 5.38. The summed E-state index contributed by atoms with van der Waals surface area (Å²) in [5.41, 5.74) is 1.47. The molecule has 1 N–H and O–H groups in total. The van der Waals surface area contributed by atoms with E-state index in [0.29, 0.717) is 28.6 Å². The molecule has 0 aliphatic carbocycles. The molecule has 0 atom stereocenters. The molecule has 2 rings (SSSR count). The van der Waals surface area contributed by atoms with Gasteiger partial charge in [-0.3, -0.25) is 0 Å². The van der Waals surface area contributed by atoms with Crippen molar-refractivity contribution in [1.82, 2.24) is 5.32 Å². The van der Waals surface area contributed by atoms with Crippen molar-refractivity contribution in [2.75, 3.05) is 6.54 Å². The molecule has 112 valence electrons. The molecule has 0 aromatic heterocycles. The van der Waals surface area contributed by atoms with Gasteiger partial charge in [-0.15, -0.1) is 0 Å². The molecule has 0 unspecified atom stereocenters. The van der Waals surface area contributed by atoms with E-state index in [2.05, 4.69) is 12.2 Å². The molecule has 0 bridgehead atoms. The molecule has 0 saturated carbocycles. The van der Waals surface area contributed by atoms with Crippen molar-refractivity contribution in [2.24, 2.45) is 0 Å². The van der Waals surface area contributed by atoms with Crippen LogP contribution < -0.4 is 10.1 Å². The molecule has 4 heteroatoms. The Morgan fingerprint density at radius 2 is 2.05 bits per heavy atom. The number of ether oxygens (including phenoxy) is 1. The topological polar surface area (TPSA) is 21.3 Å². The number of nitrogens with one attached hydrogen (secondary N) is 1. The summed E-state index contributed by atoms with van der Waals surface area (Å²) in [7, 11) is 0. The first-order chi connectivity index (χ1) is 10.1. The molecule has 2 aromatic rings. The van der Waals surface area contributed by atoms with E-state index in [1.165, 1.54) is 6.07 Å². The molecular formula is C17H19ClFNO. The van der Waals surface area contributed by atoms with E-state index in [-0.39, 0.29) is 5.82 Å². The Labute approximate surface area is 129 Å². The number of aryl methyl sites for hydroxylation is 1. The third kappa shape index (κ3) is 4.19. The number of halogens is 2. The molecule has 2 nitrogen and oxygen atoms in total. The van der Waals surface area contributed by atoms with Crippen LogP contribution in [0.5, 0.6) is 11.5 Å². The summed E-state index contributed by atoms with van der Waals surface area (Å²) >= 11 is 6.25. The summed E-state index contributed by atoms with van der Waals surface area (Å²) < 4.78 is 19.2. The molecule has 0 spiro atoms. The van der Waals surface area contributed by atoms with Gasteiger partial charge in [0.25, 0.3) is 0 Å². The monoisotopic (exact) mass is 307 g/mol. The van der Waals surface area contributed by atoms with Gasteiger partial charge in [0.1, 0.15) is 17.3 Å². The predicted molar refractivity (Wildman–Crippen MR) is 84.7 cm³/mol. The highest BCUT2D eigenvalue weighted by atomic mass is 35.5. The van der Waals surface area contributed by atoms with E-state index in [9.17, 15) is 4.39 Å². The molecule has 0 fully saturated rings. The Morgan fingerprint density at radius 3 is 2.76 bits per heavy atom. The molecule has 0 amide bonds. The summed E-state index contributed by atoms with van der Waals surface area (Å²) in [5.74, 6) is 1.06. The van der Waals surface area contributed by atoms with E-state index in [1.807, 2.05) is 18.2 Å². The number of rotatable bonds is 6. The largest absolute Gasteiger partial charge is 0.457 e. The first-order valence-corrected chi connectivity index (χ1v) is 7.41. The molecule has 0 radical (unpaired) electrons. The van der Waals surface area contributed by atoms with Gasteiger partial charge in [-0.1, -0.05) is 24.6 Å². The van der Waals surface area contributed by atoms with Gasteiger partial charge in [-0.2, -0.15) is 0 Å². The van der Waals surface area contributed by atoms with Crippen LogP contribution in [-0.2, 0) is 6.54 Å². The Balaban J connectivity index is 2.22. The maximum atomic E-state index is 13.3. The van der Waals surface area contributed by atoms with Crippen molar-refractivity contribution in [2.45, 2.75) is 26.8 Å².